The molecule has 0 N–H and O–H groups in total. The van der Waals surface area contributed by atoms with Gasteiger partial charge in [0.15, 0.2) is 0 Å². The number of methoxy groups -OCH3 is 12. The zero-order valence-electron chi connectivity index (χ0n) is 96.2. The second-order valence-electron chi connectivity index (χ2n) is 28.1. The molecule has 0 saturated carbocycles. The Morgan fingerprint density at radius 2 is 0.171 bits per heavy atom. The van der Waals surface area contributed by atoms with Crippen LogP contribution in [-0.2, 0) is 213 Å². The smallest absolute Gasteiger partial charge is 0.149 e. The van der Waals surface area contributed by atoms with E-state index < -0.39 is 0 Å². The van der Waals surface area contributed by atoms with Crippen molar-refractivity contribution in [3.8, 4) is 0 Å². The monoisotopic (exact) mass is 2160 g/mol. The summed E-state index contributed by atoms with van der Waals surface area (Å²) in [4.78, 5) is 0. The van der Waals surface area contributed by atoms with Crippen molar-refractivity contribution in [1.29, 1.82) is 0 Å². The number of ether oxygens (including phenoxy) is 45. The Morgan fingerprint density at radius 1 is 0.0753 bits per heavy atom. The fraction of sp³-hybridized carbons (Fsp3) is 1.00. The first-order valence-corrected chi connectivity index (χ1v) is 52.0. The molecule has 0 saturated heterocycles. The summed E-state index contributed by atoms with van der Waals surface area (Å²) in [6.07, 6.45) is 12.0. The third-order valence-electron chi connectivity index (χ3n) is 15.6. The Kier molecular flexibility index (Phi) is 221. The highest BCUT2D eigenvalue weighted by atomic mass is 16.8. The first kappa shape index (κ1) is 167. The molecule has 0 aromatic heterocycles. The van der Waals surface area contributed by atoms with E-state index in [-0.39, 0.29) is 40.8 Å². The predicted molar refractivity (Wildman–Crippen MR) is 558 cm³/mol. The van der Waals surface area contributed by atoms with E-state index >= 15 is 0 Å². The van der Waals surface area contributed by atoms with Gasteiger partial charge >= 0.3 is 0 Å². The van der Waals surface area contributed by atoms with Gasteiger partial charge in [0.1, 0.15) is 81.5 Å². The molecular formula is C101H224O45. The molecule has 0 spiro atoms. The minimum atomic E-state index is 0.232. The van der Waals surface area contributed by atoms with E-state index in [0.717, 1.165) is 249 Å². The summed E-state index contributed by atoms with van der Waals surface area (Å²) in [5.41, 5.74) is 0. The first-order chi connectivity index (χ1) is 72.1. The van der Waals surface area contributed by atoms with Gasteiger partial charge in [-0.1, -0.05) is 0 Å². The van der Waals surface area contributed by atoms with Crippen molar-refractivity contribution < 1.29 is 213 Å². The lowest BCUT2D eigenvalue weighted by Gasteiger charge is -2.07. The molecule has 898 valence electrons. The van der Waals surface area contributed by atoms with Crippen molar-refractivity contribution in [3.05, 3.63) is 0 Å². The van der Waals surface area contributed by atoms with Crippen molar-refractivity contribution in [2.24, 2.45) is 0 Å². The summed E-state index contributed by atoms with van der Waals surface area (Å²) in [7, 11) is 19.7. The van der Waals surface area contributed by atoms with Crippen LogP contribution in [0.1, 0.15) is 153 Å². The molecule has 0 aliphatic rings. The molecule has 0 aliphatic heterocycles. The molecule has 0 aromatic carbocycles. The minimum Gasteiger partial charge on any atom is -0.385 e. The van der Waals surface area contributed by atoms with E-state index in [1.807, 2.05) is 69.2 Å². The standard InChI is InChI=1S/C14H30O5.C12H26O5.C11H24O4.C10H22O5.C10H22O3.2C9H20O4.C8H18O5.C7H16O4.C6H14O3.C5H12O3/c1-3-15-11-13-18-9-5-7-17-8-6-10-19-14-12-16-4-2;1-3-13-7-5-9-15-11-17-12-16-10-6-8-14-4-2;1-3-12-7-5-9-14-11-15-10-6-8-13-4-2;1-11-5-3-7-13-9-15-10-14-8-4-6-12-2;1-3-11-7-5-9-13-10-6-8-12-4-2;1-10-5-3-7-12-9-13-8-4-6-11-2;1-3-10-5-7-12-9-13-8-6-11-4-2;1-9-3-5-11-7-13-8-12-6-4-10-2;1-8-3-5-10-7-11-6-4-9-2;1-7-4-3-5-9-6-8-2;1-6-3-4-8-5-7-2/h3-14H2,1-2H3;3-12H2,1-2H3;3-11H2,1-2H3;3-10H2,1-2H3;3-10H2,1-2H3;2*3-9H2,1-2H3;3-8H2,1-2H3;3-7H2,1-2H3;3-6H2,1-2H3;3-5H2,1-2H3. The molecule has 0 aliphatic carbocycles. The highest BCUT2D eigenvalue weighted by Crippen LogP contribution is 1.98. The average molecular weight is 2160 g/mol. The van der Waals surface area contributed by atoms with E-state index in [4.69, 9.17) is 204 Å². The summed E-state index contributed by atoms with van der Waals surface area (Å²) in [5, 5.41) is 0. The number of rotatable bonds is 113. The number of hydrogen-bond acceptors (Lipinski definition) is 45. The molecule has 0 amide bonds. The average Bonchev–Trinajstić information content (AvgIpc) is 1.13. The van der Waals surface area contributed by atoms with Crippen LogP contribution >= 0.6 is 0 Å². The van der Waals surface area contributed by atoms with E-state index in [1.54, 1.807) is 85.3 Å². The van der Waals surface area contributed by atoms with Gasteiger partial charge < -0.3 is 213 Å². The van der Waals surface area contributed by atoms with E-state index in [2.05, 4.69) is 9.47 Å². The molecular weight excluding hydrogens is 1930 g/mol. The Balaban J connectivity index is -0.000000154. The van der Waals surface area contributed by atoms with Crippen molar-refractivity contribution in [2.75, 3.05) is 524 Å². The van der Waals surface area contributed by atoms with Gasteiger partial charge in [-0.15, -0.1) is 0 Å². The summed E-state index contributed by atoms with van der Waals surface area (Å²) in [5.74, 6) is 0. The Morgan fingerprint density at radius 3 is 0.329 bits per heavy atom. The summed E-state index contributed by atoms with van der Waals surface area (Å²) < 4.78 is 227. The summed E-state index contributed by atoms with van der Waals surface area (Å²) in [6, 6.07) is 0. The molecule has 146 heavy (non-hydrogen) atoms. The Bertz CT molecular complexity index is 1630. The van der Waals surface area contributed by atoms with Crippen LogP contribution in [-0.4, -0.2) is 524 Å². The van der Waals surface area contributed by atoms with Crippen LogP contribution in [0.25, 0.3) is 0 Å². The van der Waals surface area contributed by atoms with Gasteiger partial charge in [-0.25, -0.2) is 0 Å². The maximum Gasteiger partial charge on any atom is 0.149 e. The van der Waals surface area contributed by atoms with Crippen molar-refractivity contribution in [3.63, 3.8) is 0 Å². The van der Waals surface area contributed by atoms with Crippen LogP contribution in [0.15, 0.2) is 0 Å². The number of hydrogen-bond donors (Lipinski definition) is 0. The van der Waals surface area contributed by atoms with Gasteiger partial charge in [0.2, 0.25) is 0 Å². The van der Waals surface area contributed by atoms with Gasteiger partial charge in [-0.05, 0) is 153 Å². The lowest BCUT2D eigenvalue weighted by molar-refractivity contribution is -0.139. The van der Waals surface area contributed by atoms with Gasteiger partial charge in [0.05, 0.1) is 178 Å². The zero-order chi connectivity index (χ0) is 110. The molecule has 45 nitrogen and oxygen atoms in total. The van der Waals surface area contributed by atoms with Crippen LogP contribution in [0.3, 0.4) is 0 Å². The lowest BCUT2D eigenvalue weighted by Crippen LogP contribution is -2.10. The molecule has 45 heteroatoms. The van der Waals surface area contributed by atoms with Gasteiger partial charge in [0, 0.05) is 264 Å². The summed E-state index contributed by atoms with van der Waals surface area (Å²) in [6.45, 7) is 61.0. The third kappa shape index (κ3) is 229. The lowest BCUT2D eigenvalue weighted by atomic mass is 10.4. The Hall–Kier alpha value is -1.80. The van der Waals surface area contributed by atoms with Crippen molar-refractivity contribution in [1.82, 2.24) is 0 Å². The second-order valence-corrected chi connectivity index (χ2v) is 28.1. The topological polar surface area (TPSA) is 415 Å². The summed E-state index contributed by atoms with van der Waals surface area (Å²) >= 11 is 0. The maximum atomic E-state index is 5.47. The largest absolute Gasteiger partial charge is 0.385 e. The zero-order valence-corrected chi connectivity index (χ0v) is 96.2. The predicted octanol–water partition coefficient (Wildman–Crippen LogP) is 11.9. The first-order valence-electron chi connectivity index (χ1n) is 52.0. The molecule has 0 aromatic rings. The van der Waals surface area contributed by atoms with Crippen LogP contribution < -0.4 is 0 Å². The van der Waals surface area contributed by atoms with Gasteiger partial charge in [0.25, 0.3) is 0 Å². The van der Waals surface area contributed by atoms with Gasteiger partial charge in [-0.2, -0.15) is 0 Å². The van der Waals surface area contributed by atoms with Crippen LogP contribution in [0.2, 0.25) is 0 Å². The highest BCUT2D eigenvalue weighted by Gasteiger charge is 2.01. The third-order valence-corrected chi connectivity index (χ3v) is 15.6. The van der Waals surface area contributed by atoms with Crippen LogP contribution in [0.5, 0.6) is 0 Å². The SMILES string of the molecule is CCOCCCOCCCOCC.CCOCCCOCOCCCOCC.CCOCCCOCOCOCCCOCC.CCOCCOCCCOCCCOCCOCC.CCOCCOCOCCOCC.COCCCOCOC.COCCCOCOCCCOC.COCCCOCOCOCCCOC.COCCOCOC.COCCOCOCCOC.COCCOCOCOCCOC. The molecule has 0 fully saturated rings. The molecule has 0 radical (unpaired) electrons. The van der Waals surface area contributed by atoms with Crippen LogP contribution in [0.4, 0.5) is 0 Å². The fourth-order valence-electron chi connectivity index (χ4n) is 8.47. The normalized spacial score (nSPS) is 10.6. The quantitative estimate of drug-likeness (QED) is 0.0403. The minimum absolute atomic E-state index is 0.232. The van der Waals surface area contributed by atoms with Gasteiger partial charge in [-0.3, -0.25) is 0 Å². The molecule has 0 atom stereocenters. The van der Waals surface area contributed by atoms with E-state index in [0.29, 0.717) is 232 Å². The van der Waals surface area contributed by atoms with E-state index in [1.165, 1.54) is 0 Å². The highest BCUT2D eigenvalue weighted by molar-refractivity contribution is 4.44. The van der Waals surface area contributed by atoms with Crippen LogP contribution in [0, 0.1) is 0 Å². The fourth-order valence-corrected chi connectivity index (χ4v) is 8.47. The second kappa shape index (κ2) is 194. The molecule has 0 unspecified atom stereocenters. The van der Waals surface area contributed by atoms with E-state index in [9.17, 15) is 0 Å². The molecule has 0 heterocycles. The van der Waals surface area contributed by atoms with Crippen molar-refractivity contribution in [2.45, 2.75) is 153 Å². The molecule has 0 bridgehead atoms. The Labute approximate surface area is 885 Å². The van der Waals surface area contributed by atoms with Crippen molar-refractivity contribution >= 4 is 0 Å². The molecule has 0 rings (SSSR count). The maximum absolute atomic E-state index is 5.47.